The molecule has 1 saturated carbocycles. The first kappa shape index (κ1) is 12.8. The van der Waals surface area contributed by atoms with Crippen LogP contribution in [0.2, 0.25) is 0 Å². The zero-order valence-electron chi connectivity index (χ0n) is 12.4. The summed E-state index contributed by atoms with van der Waals surface area (Å²) in [6.45, 7) is 7.23. The molecule has 0 nitrogen and oxygen atoms in total. The Labute approximate surface area is 117 Å². The molecule has 3 atom stereocenters. The summed E-state index contributed by atoms with van der Waals surface area (Å²) in [5.41, 5.74) is 1.61. The maximum absolute atomic E-state index is 2.43. The number of hydrogen-bond acceptors (Lipinski definition) is 0. The monoisotopic (exact) mass is 253 g/mol. The van der Waals surface area contributed by atoms with Crippen LogP contribution in [0.15, 0.2) is 36.4 Å². The third-order valence-corrected chi connectivity index (χ3v) is 5.14. The lowest BCUT2D eigenvalue weighted by Crippen LogP contribution is -2.25. The van der Waals surface area contributed by atoms with Crippen molar-refractivity contribution in [2.45, 2.75) is 46.0 Å². The van der Waals surface area contributed by atoms with Crippen LogP contribution >= 0.6 is 0 Å². The summed E-state index contributed by atoms with van der Waals surface area (Å²) in [7, 11) is 0. The van der Waals surface area contributed by atoms with Crippen molar-refractivity contribution in [1.82, 2.24) is 0 Å². The van der Waals surface area contributed by atoms with Gasteiger partial charge in [0.15, 0.2) is 0 Å². The highest BCUT2D eigenvalue weighted by Gasteiger charge is 2.30. The second kappa shape index (κ2) is 5.07. The molecule has 2 aromatic carbocycles. The highest BCUT2D eigenvalue weighted by Crippen LogP contribution is 2.46. The van der Waals surface area contributed by atoms with Gasteiger partial charge in [-0.25, -0.2) is 0 Å². The highest BCUT2D eigenvalue weighted by molar-refractivity contribution is 5.88. The molecule has 0 amide bonds. The molecule has 0 N–H and O–H groups in total. The van der Waals surface area contributed by atoms with Crippen LogP contribution in [0.4, 0.5) is 0 Å². The fourth-order valence-electron chi connectivity index (χ4n) is 4.06. The molecule has 0 heterocycles. The van der Waals surface area contributed by atoms with Crippen LogP contribution in [0.3, 0.4) is 0 Å². The van der Waals surface area contributed by atoms with Crippen LogP contribution in [0.5, 0.6) is 0 Å². The van der Waals surface area contributed by atoms with E-state index in [4.69, 9.17) is 0 Å². The first-order valence-corrected chi connectivity index (χ1v) is 7.81. The average Bonchev–Trinajstić information content (AvgIpc) is 2.82. The van der Waals surface area contributed by atoms with Crippen molar-refractivity contribution in [1.29, 1.82) is 0 Å². The van der Waals surface area contributed by atoms with Gasteiger partial charge >= 0.3 is 0 Å². The fraction of sp³-hybridized carbons (Fsp3) is 0.526. The SMILES string of the molecule is CC(C)C1CC[C@H](C)C[C@@H]1[c-]1ccc2ccccc21. The third-order valence-electron chi connectivity index (χ3n) is 5.14. The summed E-state index contributed by atoms with van der Waals surface area (Å²) in [6, 6.07) is 13.6. The van der Waals surface area contributed by atoms with Crippen molar-refractivity contribution in [3.8, 4) is 0 Å². The van der Waals surface area contributed by atoms with E-state index in [1.807, 2.05) is 0 Å². The Morgan fingerprint density at radius 3 is 2.68 bits per heavy atom. The molecule has 0 aromatic heterocycles. The Morgan fingerprint density at radius 2 is 1.89 bits per heavy atom. The van der Waals surface area contributed by atoms with Crippen LogP contribution in [0.1, 0.15) is 51.5 Å². The van der Waals surface area contributed by atoms with Crippen molar-refractivity contribution in [3.63, 3.8) is 0 Å². The van der Waals surface area contributed by atoms with Crippen LogP contribution in [-0.2, 0) is 0 Å². The molecule has 0 aliphatic heterocycles. The van der Waals surface area contributed by atoms with E-state index >= 15 is 0 Å². The molecule has 1 aliphatic rings. The topological polar surface area (TPSA) is 0 Å². The van der Waals surface area contributed by atoms with Gasteiger partial charge in [-0.2, -0.15) is 6.07 Å². The maximum Gasteiger partial charge on any atom is -0.0402 e. The molecular weight excluding hydrogens is 228 g/mol. The molecule has 1 fully saturated rings. The van der Waals surface area contributed by atoms with E-state index in [2.05, 4.69) is 57.2 Å². The third kappa shape index (κ3) is 2.33. The minimum atomic E-state index is 0.767. The van der Waals surface area contributed by atoms with Crippen LogP contribution in [0, 0.1) is 17.8 Å². The normalized spacial score (nSPS) is 28.1. The van der Waals surface area contributed by atoms with E-state index in [0.717, 1.165) is 23.7 Å². The highest BCUT2D eigenvalue weighted by atomic mass is 14.4. The number of rotatable bonds is 2. The smallest absolute Gasteiger partial charge is 0.0402 e. The molecule has 0 bridgehead atoms. The molecule has 0 spiro atoms. The number of hydrogen-bond donors (Lipinski definition) is 0. The van der Waals surface area contributed by atoms with E-state index in [0.29, 0.717) is 0 Å². The Balaban J connectivity index is 2.02. The zero-order chi connectivity index (χ0) is 13.4. The second-order valence-corrected chi connectivity index (χ2v) is 6.81. The van der Waals surface area contributed by atoms with Crippen LogP contribution in [0.25, 0.3) is 10.8 Å². The lowest BCUT2D eigenvalue weighted by molar-refractivity contribution is 0.198. The van der Waals surface area contributed by atoms with Gasteiger partial charge in [0.1, 0.15) is 0 Å². The van der Waals surface area contributed by atoms with E-state index in [1.165, 1.54) is 30.0 Å². The van der Waals surface area contributed by atoms with Crippen LogP contribution < -0.4 is 0 Å². The van der Waals surface area contributed by atoms with E-state index < -0.39 is 0 Å². The zero-order valence-corrected chi connectivity index (χ0v) is 12.4. The summed E-state index contributed by atoms with van der Waals surface area (Å²) in [4.78, 5) is 0. The molecule has 3 rings (SSSR count). The first-order valence-electron chi connectivity index (χ1n) is 7.81. The van der Waals surface area contributed by atoms with Gasteiger partial charge in [0.25, 0.3) is 0 Å². The lowest BCUT2D eigenvalue weighted by Gasteiger charge is -2.39. The van der Waals surface area contributed by atoms with Gasteiger partial charge in [-0.05, 0) is 23.7 Å². The molecule has 102 valence electrons. The largest absolute Gasteiger partial charge is 0.168 e. The molecular formula is C19H25-. The second-order valence-electron chi connectivity index (χ2n) is 6.81. The van der Waals surface area contributed by atoms with Gasteiger partial charge in [0.2, 0.25) is 0 Å². The molecule has 0 saturated heterocycles. The maximum atomic E-state index is 2.43. The van der Waals surface area contributed by atoms with Crippen molar-refractivity contribution >= 4 is 10.8 Å². The Bertz CT molecular complexity index is 546. The molecule has 0 heteroatoms. The summed E-state index contributed by atoms with van der Waals surface area (Å²) in [5.74, 6) is 3.31. The minimum absolute atomic E-state index is 0.767. The van der Waals surface area contributed by atoms with Gasteiger partial charge in [0.05, 0.1) is 0 Å². The Hall–Kier alpha value is -1.17. The standard InChI is InChI=1S/C19H25/c1-13(2)16-10-8-14(3)12-19(16)18-11-9-15-6-4-5-7-17(15)18/h4-7,9,11,13-14,16,19H,8,10,12H2,1-3H3/q-1/t14-,16?,19-/m0/s1. The van der Waals surface area contributed by atoms with E-state index in [9.17, 15) is 0 Å². The minimum Gasteiger partial charge on any atom is -0.168 e. The summed E-state index contributed by atoms with van der Waals surface area (Å²) in [6.07, 6.45) is 4.19. The van der Waals surface area contributed by atoms with Gasteiger partial charge in [-0.15, -0.1) is 40.6 Å². The van der Waals surface area contributed by atoms with Crippen LogP contribution in [-0.4, -0.2) is 0 Å². The van der Waals surface area contributed by atoms with Crippen molar-refractivity contribution in [2.75, 3.05) is 0 Å². The Morgan fingerprint density at radius 1 is 1.11 bits per heavy atom. The van der Waals surface area contributed by atoms with Gasteiger partial charge in [0, 0.05) is 0 Å². The quantitative estimate of drug-likeness (QED) is 0.599. The molecule has 1 aliphatic carbocycles. The lowest BCUT2D eigenvalue weighted by atomic mass is 9.67. The van der Waals surface area contributed by atoms with Gasteiger partial charge < -0.3 is 0 Å². The molecule has 19 heavy (non-hydrogen) atoms. The average molecular weight is 253 g/mol. The van der Waals surface area contributed by atoms with Crippen molar-refractivity contribution < 1.29 is 0 Å². The fourth-order valence-corrected chi connectivity index (χ4v) is 4.06. The molecule has 0 radical (unpaired) electrons. The van der Waals surface area contributed by atoms with Crippen molar-refractivity contribution in [3.05, 3.63) is 42.0 Å². The van der Waals surface area contributed by atoms with E-state index in [1.54, 1.807) is 5.56 Å². The molecule has 1 unspecified atom stereocenters. The van der Waals surface area contributed by atoms with E-state index in [-0.39, 0.29) is 0 Å². The predicted molar refractivity (Wildman–Crippen MR) is 83.6 cm³/mol. The summed E-state index contributed by atoms with van der Waals surface area (Å²) in [5, 5.41) is 2.91. The number of fused-ring (bicyclic) bond motifs is 1. The Kier molecular flexibility index (Phi) is 3.43. The predicted octanol–water partition coefficient (Wildman–Crippen LogP) is 5.73. The van der Waals surface area contributed by atoms with Crippen molar-refractivity contribution in [2.24, 2.45) is 17.8 Å². The summed E-state index contributed by atoms with van der Waals surface area (Å²) >= 11 is 0. The molecule has 2 aromatic rings. The van der Waals surface area contributed by atoms with Gasteiger partial charge in [-0.1, -0.05) is 46.1 Å². The summed E-state index contributed by atoms with van der Waals surface area (Å²) < 4.78 is 0. The number of benzene rings is 1. The first-order chi connectivity index (χ1) is 9.16. The van der Waals surface area contributed by atoms with Gasteiger partial charge in [-0.3, -0.25) is 0 Å².